The van der Waals surface area contributed by atoms with E-state index in [4.69, 9.17) is 5.11 Å². The minimum Gasteiger partial charge on any atom is -0.508 e. The number of halogens is 1. The molecule has 0 fully saturated rings. The Morgan fingerprint density at radius 2 is 1.88 bits per heavy atom. The van der Waals surface area contributed by atoms with Crippen LogP contribution in [0.25, 0.3) is 0 Å². The van der Waals surface area contributed by atoms with E-state index in [0.29, 0.717) is 18.9 Å². The number of nitrogens with one attached hydrogen (secondary N) is 1. The Balaban J connectivity index is 2.15. The number of phenolic OH excluding ortho intramolecular Hbond substituents is 1. The van der Waals surface area contributed by atoms with Gasteiger partial charge in [0.05, 0.1) is 0 Å². The van der Waals surface area contributed by atoms with Crippen LogP contribution in [0.15, 0.2) is 22.7 Å². The molecule has 0 saturated heterocycles. The second-order valence-electron chi connectivity index (χ2n) is 4.09. The van der Waals surface area contributed by atoms with Gasteiger partial charge in [0.25, 0.3) is 0 Å². The molecule has 0 atom stereocenters. The van der Waals surface area contributed by atoms with Gasteiger partial charge in [-0.2, -0.15) is 0 Å². The number of hydrogen-bond donors (Lipinski definition) is 3. The average molecular weight is 302 g/mol. The van der Waals surface area contributed by atoms with Crippen LogP contribution in [0.1, 0.15) is 31.2 Å². The van der Waals surface area contributed by atoms with Gasteiger partial charge in [-0.1, -0.05) is 28.8 Å². The van der Waals surface area contributed by atoms with Crippen molar-refractivity contribution in [2.45, 2.75) is 32.2 Å². The first-order valence-corrected chi connectivity index (χ1v) is 6.82. The molecule has 17 heavy (non-hydrogen) atoms. The van der Waals surface area contributed by atoms with Gasteiger partial charge in [0.2, 0.25) is 0 Å². The van der Waals surface area contributed by atoms with Crippen LogP contribution in [0.5, 0.6) is 5.75 Å². The van der Waals surface area contributed by atoms with Crippen molar-refractivity contribution in [2.24, 2.45) is 0 Å². The summed E-state index contributed by atoms with van der Waals surface area (Å²) in [4.78, 5) is 0. The number of aliphatic hydroxyl groups excluding tert-OH is 1. The lowest BCUT2D eigenvalue weighted by Crippen LogP contribution is -2.14. The lowest BCUT2D eigenvalue weighted by molar-refractivity contribution is 0.282. The van der Waals surface area contributed by atoms with Crippen LogP contribution >= 0.6 is 15.9 Å². The Hall–Kier alpha value is -0.580. The summed E-state index contributed by atoms with van der Waals surface area (Å²) in [5.74, 6) is 0.334. The van der Waals surface area contributed by atoms with Crippen molar-refractivity contribution in [1.82, 2.24) is 5.32 Å². The smallest absolute Gasteiger partial charge is 0.120 e. The molecule has 0 radical (unpaired) electrons. The summed E-state index contributed by atoms with van der Waals surface area (Å²) in [6.45, 7) is 1.92. The topological polar surface area (TPSA) is 52.5 Å². The highest BCUT2D eigenvalue weighted by Gasteiger charge is 2.00. The molecule has 0 unspecified atom stereocenters. The number of hydrogen-bond acceptors (Lipinski definition) is 3. The molecule has 0 bridgehead atoms. The maximum Gasteiger partial charge on any atom is 0.120 e. The fourth-order valence-corrected chi connectivity index (χ4v) is 2.04. The van der Waals surface area contributed by atoms with Crippen LogP contribution in [0.3, 0.4) is 0 Å². The first kappa shape index (κ1) is 14.5. The lowest BCUT2D eigenvalue weighted by Gasteiger charge is -2.07. The van der Waals surface area contributed by atoms with Gasteiger partial charge in [0.1, 0.15) is 5.75 Å². The Kier molecular flexibility index (Phi) is 7.24. The summed E-state index contributed by atoms with van der Waals surface area (Å²) in [5.41, 5.74) is 0.912. The van der Waals surface area contributed by atoms with Gasteiger partial charge in [0.15, 0.2) is 0 Å². The van der Waals surface area contributed by atoms with Crippen molar-refractivity contribution >= 4 is 15.9 Å². The zero-order chi connectivity index (χ0) is 12.5. The second-order valence-corrected chi connectivity index (χ2v) is 5.00. The summed E-state index contributed by atoms with van der Waals surface area (Å²) in [7, 11) is 0. The minimum atomic E-state index is 0.291. The quantitative estimate of drug-likeness (QED) is 0.647. The van der Waals surface area contributed by atoms with E-state index in [0.717, 1.165) is 42.3 Å². The fraction of sp³-hybridized carbons (Fsp3) is 0.538. The molecule has 1 rings (SSSR count). The van der Waals surface area contributed by atoms with Crippen LogP contribution in [-0.2, 0) is 6.54 Å². The van der Waals surface area contributed by atoms with Crippen LogP contribution in [0.2, 0.25) is 0 Å². The molecule has 0 aliphatic rings. The molecular weight excluding hydrogens is 282 g/mol. The normalized spacial score (nSPS) is 10.7. The molecule has 0 amide bonds. The van der Waals surface area contributed by atoms with Crippen LogP contribution in [0, 0.1) is 0 Å². The third-order valence-electron chi connectivity index (χ3n) is 2.62. The zero-order valence-corrected chi connectivity index (χ0v) is 11.5. The van der Waals surface area contributed by atoms with E-state index < -0.39 is 0 Å². The molecule has 4 heteroatoms. The third-order valence-corrected chi connectivity index (χ3v) is 3.11. The number of benzene rings is 1. The lowest BCUT2D eigenvalue weighted by atomic mass is 10.2. The number of unbranched alkanes of at least 4 members (excludes halogenated alkanes) is 3. The molecule has 0 spiro atoms. The molecule has 0 heterocycles. The average Bonchev–Trinajstić information content (AvgIpc) is 2.32. The Bertz CT molecular complexity index is 331. The van der Waals surface area contributed by atoms with E-state index in [1.54, 1.807) is 6.07 Å². The van der Waals surface area contributed by atoms with Gasteiger partial charge in [0, 0.05) is 23.2 Å². The van der Waals surface area contributed by atoms with E-state index in [1.807, 2.05) is 12.1 Å². The second kappa shape index (κ2) is 8.50. The molecule has 1 aromatic rings. The summed E-state index contributed by atoms with van der Waals surface area (Å²) < 4.78 is 0.982. The highest BCUT2D eigenvalue weighted by molar-refractivity contribution is 9.10. The molecule has 3 nitrogen and oxygen atoms in total. The predicted molar refractivity (Wildman–Crippen MR) is 73.1 cm³/mol. The number of rotatable bonds is 8. The first-order valence-electron chi connectivity index (χ1n) is 6.03. The first-order chi connectivity index (χ1) is 8.24. The maximum absolute atomic E-state index is 9.62. The van der Waals surface area contributed by atoms with E-state index in [1.165, 1.54) is 0 Å². The van der Waals surface area contributed by atoms with Gasteiger partial charge >= 0.3 is 0 Å². The minimum absolute atomic E-state index is 0.291. The summed E-state index contributed by atoms with van der Waals surface area (Å²) in [5, 5.41) is 21.5. The monoisotopic (exact) mass is 301 g/mol. The van der Waals surface area contributed by atoms with E-state index in [-0.39, 0.29) is 0 Å². The van der Waals surface area contributed by atoms with Crippen molar-refractivity contribution in [3.8, 4) is 5.75 Å². The third kappa shape index (κ3) is 6.05. The summed E-state index contributed by atoms with van der Waals surface area (Å²) in [6, 6.07) is 5.45. The van der Waals surface area contributed by atoms with Crippen LogP contribution in [-0.4, -0.2) is 23.4 Å². The summed E-state index contributed by atoms with van der Waals surface area (Å²) >= 11 is 3.38. The SMILES string of the molecule is OCCCCCCNCc1cc(Br)ccc1O. The van der Waals surface area contributed by atoms with Gasteiger partial charge in [-0.15, -0.1) is 0 Å². The van der Waals surface area contributed by atoms with Crippen molar-refractivity contribution in [2.75, 3.05) is 13.2 Å². The molecule has 0 aliphatic heterocycles. The molecule has 96 valence electrons. The van der Waals surface area contributed by atoms with Gasteiger partial charge in [-0.25, -0.2) is 0 Å². The largest absolute Gasteiger partial charge is 0.508 e. The molecule has 0 saturated carbocycles. The standard InChI is InChI=1S/C13H20BrNO2/c14-12-5-6-13(17)11(9-12)10-15-7-3-1-2-4-8-16/h5-6,9,15-17H,1-4,7-8,10H2. The van der Waals surface area contributed by atoms with Gasteiger partial charge in [-0.05, 0) is 37.6 Å². The molecule has 1 aromatic carbocycles. The van der Waals surface area contributed by atoms with Crippen LogP contribution in [0.4, 0.5) is 0 Å². The van der Waals surface area contributed by atoms with E-state index >= 15 is 0 Å². The van der Waals surface area contributed by atoms with Crippen molar-refractivity contribution in [1.29, 1.82) is 0 Å². The van der Waals surface area contributed by atoms with E-state index in [9.17, 15) is 5.11 Å². The summed E-state index contributed by atoms with van der Waals surface area (Å²) in [6.07, 6.45) is 4.22. The Morgan fingerprint density at radius 3 is 2.65 bits per heavy atom. The van der Waals surface area contributed by atoms with Crippen molar-refractivity contribution < 1.29 is 10.2 Å². The van der Waals surface area contributed by atoms with E-state index in [2.05, 4.69) is 21.2 Å². The Morgan fingerprint density at radius 1 is 1.12 bits per heavy atom. The fourth-order valence-electron chi connectivity index (χ4n) is 1.63. The van der Waals surface area contributed by atoms with Gasteiger partial charge < -0.3 is 15.5 Å². The molecular formula is C13H20BrNO2. The predicted octanol–water partition coefficient (Wildman–Crippen LogP) is 2.80. The van der Waals surface area contributed by atoms with Crippen molar-refractivity contribution in [3.63, 3.8) is 0 Å². The highest BCUT2D eigenvalue weighted by atomic mass is 79.9. The molecule has 3 N–H and O–H groups in total. The molecule has 0 aromatic heterocycles. The zero-order valence-electron chi connectivity index (χ0n) is 9.95. The number of aliphatic hydroxyl groups is 1. The highest BCUT2D eigenvalue weighted by Crippen LogP contribution is 2.21. The van der Waals surface area contributed by atoms with Gasteiger partial charge in [-0.3, -0.25) is 0 Å². The maximum atomic E-state index is 9.62. The van der Waals surface area contributed by atoms with Crippen LogP contribution < -0.4 is 5.32 Å². The number of aromatic hydroxyl groups is 1. The van der Waals surface area contributed by atoms with Crippen molar-refractivity contribution in [3.05, 3.63) is 28.2 Å². The Labute approximate surface area is 111 Å². The molecule has 0 aliphatic carbocycles. The number of phenols is 1.